The van der Waals surface area contributed by atoms with Gasteiger partial charge >= 0.3 is 0 Å². The summed E-state index contributed by atoms with van der Waals surface area (Å²) < 4.78 is 5.38. The highest BCUT2D eigenvalue weighted by Gasteiger charge is 2.21. The highest BCUT2D eigenvalue weighted by Crippen LogP contribution is 2.21. The van der Waals surface area contributed by atoms with Gasteiger partial charge in [0.25, 0.3) is 0 Å². The van der Waals surface area contributed by atoms with Crippen LogP contribution < -0.4 is 5.32 Å². The van der Waals surface area contributed by atoms with E-state index in [-0.39, 0.29) is 0 Å². The molecule has 2 rings (SSSR count). The van der Waals surface area contributed by atoms with Gasteiger partial charge in [-0.15, -0.1) is 0 Å². The zero-order valence-corrected chi connectivity index (χ0v) is 11.5. The number of piperidine rings is 1. The lowest BCUT2D eigenvalue weighted by atomic mass is 10.00. The molecule has 0 amide bonds. The lowest BCUT2D eigenvalue weighted by Gasteiger charge is -2.18. The number of aromatic nitrogens is 2. The molecule has 1 aromatic heterocycles. The molecule has 0 bridgehead atoms. The summed E-state index contributed by atoms with van der Waals surface area (Å²) in [6.07, 6.45) is 3.23. The number of likely N-dealkylation sites (N-methyl/N-ethyl adjacent to an activating group) is 1. The average Bonchev–Trinajstić information content (AvgIpc) is 2.90. The Morgan fingerprint density at radius 2 is 2.22 bits per heavy atom. The first-order valence-corrected chi connectivity index (χ1v) is 7.09. The van der Waals surface area contributed by atoms with Crippen molar-refractivity contribution < 1.29 is 4.52 Å². The molecule has 1 aliphatic heterocycles. The molecule has 1 N–H and O–H groups in total. The fourth-order valence-electron chi connectivity index (χ4n) is 2.40. The monoisotopic (exact) mass is 252 g/mol. The van der Waals surface area contributed by atoms with E-state index in [1.165, 1.54) is 6.42 Å². The maximum Gasteiger partial charge on any atom is 0.231 e. The third-order valence-corrected chi connectivity index (χ3v) is 3.68. The number of rotatable bonds is 6. The van der Waals surface area contributed by atoms with E-state index in [9.17, 15) is 0 Å². The largest absolute Gasteiger partial charge is 0.339 e. The first kappa shape index (κ1) is 13.5. The summed E-state index contributed by atoms with van der Waals surface area (Å²) in [7, 11) is 0. The number of hydrogen-bond donors (Lipinski definition) is 1. The van der Waals surface area contributed by atoms with Crippen LogP contribution in [0.4, 0.5) is 0 Å². The Balaban J connectivity index is 1.85. The minimum Gasteiger partial charge on any atom is -0.339 e. The van der Waals surface area contributed by atoms with Gasteiger partial charge in [0.05, 0.1) is 5.92 Å². The predicted octanol–water partition coefficient (Wildman–Crippen LogP) is 1.42. The minimum absolute atomic E-state index is 0.411. The van der Waals surface area contributed by atoms with Crippen LogP contribution in [0.5, 0.6) is 0 Å². The second kappa shape index (κ2) is 6.85. The van der Waals surface area contributed by atoms with Gasteiger partial charge in [0, 0.05) is 19.5 Å². The zero-order chi connectivity index (χ0) is 12.8. The van der Waals surface area contributed by atoms with Crippen LogP contribution in [0.25, 0.3) is 0 Å². The summed E-state index contributed by atoms with van der Waals surface area (Å²) in [5.74, 6) is 2.08. The molecule has 1 aliphatic rings. The van der Waals surface area contributed by atoms with Crippen LogP contribution in [0.3, 0.4) is 0 Å². The summed E-state index contributed by atoms with van der Waals surface area (Å²) in [4.78, 5) is 6.90. The van der Waals surface area contributed by atoms with Gasteiger partial charge in [0.15, 0.2) is 5.82 Å². The van der Waals surface area contributed by atoms with Crippen LogP contribution >= 0.6 is 0 Å². The van der Waals surface area contributed by atoms with Gasteiger partial charge in [-0.3, -0.25) is 0 Å². The zero-order valence-electron chi connectivity index (χ0n) is 11.5. The molecule has 18 heavy (non-hydrogen) atoms. The van der Waals surface area contributed by atoms with Crippen molar-refractivity contribution in [3.05, 3.63) is 11.7 Å². The van der Waals surface area contributed by atoms with Crippen LogP contribution in [0.1, 0.15) is 44.3 Å². The second-order valence-electron chi connectivity index (χ2n) is 4.87. The summed E-state index contributed by atoms with van der Waals surface area (Å²) >= 11 is 0. The van der Waals surface area contributed by atoms with E-state index >= 15 is 0 Å². The Morgan fingerprint density at radius 1 is 1.39 bits per heavy atom. The minimum atomic E-state index is 0.411. The standard InChI is InChI=1S/C13H24N4O/c1-3-17(4-2)9-7-12-15-13(18-16-12)11-6-5-8-14-10-11/h11,14H,3-10H2,1-2H3/t11-/m0/s1. The van der Waals surface area contributed by atoms with Gasteiger partial charge in [-0.25, -0.2) is 0 Å². The summed E-state index contributed by atoms with van der Waals surface area (Å²) in [5.41, 5.74) is 0. The Bertz CT molecular complexity index is 343. The van der Waals surface area contributed by atoms with Gasteiger partial charge in [-0.1, -0.05) is 19.0 Å². The van der Waals surface area contributed by atoms with E-state index in [1.54, 1.807) is 0 Å². The summed E-state index contributed by atoms with van der Waals surface area (Å²) in [6, 6.07) is 0. The molecule has 1 fully saturated rings. The number of nitrogens with one attached hydrogen (secondary N) is 1. The van der Waals surface area contributed by atoms with Crippen molar-refractivity contribution in [2.45, 2.75) is 39.0 Å². The van der Waals surface area contributed by atoms with Gasteiger partial charge in [-0.2, -0.15) is 4.98 Å². The lowest BCUT2D eigenvalue weighted by Crippen LogP contribution is -2.28. The van der Waals surface area contributed by atoms with Crippen LogP contribution in [0.15, 0.2) is 4.52 Å². The van der Waals surface area contributed by atoms with E-state index < -0.39 is 0 Å². The van der Waals surface area contributed by atoms with Gasteiger partial charge < -0.3 is 14.7 Å². The normalized spacial score (nSPS) is 20.5. The number of hydrogen-bond acceptors (Lipinski definition) is 5. The molecule has 1 aromatic rings. The Kier molecular flexibility index (Phi) is 5.13. The third-order valence-electron chi connectivity index (χ3n) is 3.68. The van der Waals surface area contributed by atoms with E-state index in [1.807, 2.05) is 0 Å². The lowest BCUT2D eigenvalue weighted by molar-refractivity contribution is 0.299. The van der Waals surface area contributed by atoms with Crippen LogP contribution in [-0.2, 0) is 6.42 Å². The first-order chi connectivity index (χ1) is 8.83. The predicted molar refractivity (Wildman–Crippen MR) is 70.6 cm³/mol. The van der Waals surface area contributed by atoms with E-state index in [0.717, 1.165) is 57.3 Å². The van der Waals surface area contributed by atoms with Crippen molar-refractivity contribution in [1.82, 2.24) is 20.4 Å². The molecule has 0 radical (unpaired) electrons. The third kappa shape index (κ3) is 3.53. The summed E-state index contributed by atoms with van der Waals surface area (Å²) in [5, 5.41) is 7.47. The van der Waals surface area contributed by atoms with Gasteiger partial charge in [0.2, 0.25) is 5.89 Å². The summed E-state index contributed by atoms with van der Waals surface area (Å²) in [6.45, 7) is 9.60. The second-order valence-corrected chi connectivity index (χ2v) is 4.87. The molecular formula is C13H24N4O. The fraction of sp³-hybridized carbons (Fsp3) is 0.846. The van der Waals surface area contributed by atoms with Crippen LogP contribution in [-0.4, -0.2) is 47.8 Å². The maximum absolute atomic E-state index is 5.38. The average molecular weight is 252 g/mol. The highest BCUT2D eigenvalue weighted by molar-refractivity contribution is 4.97. The molecule has 1 saturated heterocycles. The molecule has 1 atom stereocenters. The molecule has 0 saturated carbocycles. The maximum atomic E-state index is 5.38. The van der Waals surface area contributed by atoms with Crippen molar-refractivity contribution >= 4 is 0 Å². The molecule has 0 aromatic carbocycles. The van der Waals surface area contributed by atoms with E-state index in [2.05, 4.69) is 34.2 Å². The smallest absolute Gasteiger partial charge is 0.231 e. The van der Waals surface area contributed by atoms with Crippen molar-refractivity contribution in [2.75, 3.05) is 32.7 Å². The molecule has 0 unspecified atom stereocenters. The molecule has 5 heteroatoms. The SMILES string of the molecule is CCN(CC)CCc1noc([C@H]2CCCNC2)n1. The number of nitrogens with zero attached hydrogens (tertiary/aromatic N) is 3. The Morgan fingerprint density at radius 3 is 2.89 bits per heavy atom. The first-order valence-electron chi connectivity index (χ1n) is 7.09. The van der Waals surface area contributed by atoms with E-state index in [0.29, 0.717) is 5.92 Å². The van der Waals surface area contributed by atoms with Crippen molar-refractivity contribution in [2.24, 2.45) is 0 Å². The fourth-order valence-corrected chi connectivity index (χ4v) is 2.40. The van der Waals surface area contributed by atoms with Crippen LogP contribution in [0, 0.1) is 0 Å². The molecule has 0 spiro atoms. The van der Waals surface area contributed by atoms with Gasteiger partial charge in [-0.05, 0) is 32.5 Å². The van der Waals surface area contributed by atoms with Crippen LogP contribution in [0.2, 0.25) is 0 Å². The van der Waals surface area contributed by atoms with E-state index in [4.69, 9.17) is 4.52 Å². The van der Waals surface area contributed by atoms with Crippen molar-refractivity contribution in [3.63, 3.8) is 0 Å². The van der Waals surface area contributed by atoms with Gasteiger partial charge in [0.1, 0.15) is 0 Å². The highest BCUT2D eigenvalue weighted by atomic mass is 16.5. The Labute approximate surface area is 109 Å². The molecular weight excluding hydrogens is 228 g/mol. The Hall–Kier alpha value is -0.940. The molecule has 2 heterocycles. The molecule has 102 valence electrons. The van der Waals surface area contributed by atoms with Crippen molar-refractivity contribution in [3.8, 4) is 0 Å². The molecule has 5 nitrogen and oxygen atoms in total. The van der Waals surface area contributed by atoms with Crippen molar-refractivity contribution in [1.29, 1.82) is 0 Å². The topological polar surface area (TPSA) is 54.2 Å². The quantitative estimate of drug-likeness (QED) is 0.830. The molecule has 0 aliphatic carbocycles.